The first-order valence-electron chi connectivity index (χ1n) is 7.22. The fourth-order valence-corrected chi connectivity index (χ4v) is 2.48. The number of ether oxygens (including phenoxy) is 2. The number of rotatable bonds is 4. The maximum Gasteiger partial charge on any atom is 0.209 e. The minimum atomic E-state index is -0.370. The molecule has 0 saturated carbocycles. The van der Waals surface area contributed by atoms with Crippen LogP contribution in [0, 0.1) is 11.3 Å². The number of hydrogen-bond donors (Lipinski definition) is 2. The summed E-state index contributed by atoms with van der Waals surface area (Å²) in [4.78, 5) is 15.8. The summed E-state index contributed by atoms with van der Waals surface area (Å²) in [5, 5.41) is 12.8. The molecular formula is C18H15N3O3. The van der Waals surface area contributed by atoms with Crippen LogP contribution in [-0.4, -0.2) is 19.2 Å². The molecule has 1 heterocycles. The second-order valence-corrected chi connectivity index (χ2v) is 5.06. The van der Waals surface area contributed by atoms with E-state index in [-0.39, 0.29) is 11.0 Å². The van der Waals surface area contributed by atoms with Crippen LogP contribution in [0.25, 0.3) is 10.9 Å². The number of aromatic amines is 1. The van der Waals surface area contributed by atoms with Crippen LogP contribution in [0.5, 0.6) is 11.5 Å². The first-order chi connectivity index (χ1) is 11.7. The lowest BCUT2D eigenvalue weighted by Gasteiger charge is -2.12. The Hall–Kier alpha value is -3.46. The molecule has 2 aromatic carbocycles. The van der Waals surface area contributed by atoms with E-state index in [1.54, 1.807) is 12.1 Å². The summed E-state index contributed by atoms with van der Waals surface area (Å²) in [6, 6.07) is 14.5. The highest BCUT2D eigenvalue weighted by Gasteiger charge is 2.15. The van der Waals surface area contributed by atoms with Gasteiger partial charge in [-0.3, -0.25) is 4.79 Å². The van der Waals surface area contributed by atoms with Gasteiger partial charge in [-0.15, -0.1) is 0 Å². The minimum Gasteiger partial charge on any atom is -0.493 e. The number of nitrogens with zero attached hydrogens (tertiary/aromatic N) is 1. The SMILES string of the molecule is COc1cc2[nH]c(Nc3ccccc3)c(C#N)c(=O)c2cc1OC. The summed E-state index contributed by atoms with van der Waals surface area (Å²) >= 11 is 0. The van der Waals surface area contributed by atoms with Gasteiger partial charge in [-0.2, -0.15) is 5.26 Å². The van der Waals surface area contributed by atoms with E-state index in [1.165, 1.54) is 14.2 Å². The van der Waals surface area contributed by atoms with E-state index in [9.17, 15) is 10.1 Å². The van der Waals surface area contributed by atoms with Crippen LogP contribution in [-0.2, 0) is 0 Å². The van der Waals surface area contributed by atoms with Gasteiger partial charge in [0.25, 0.3) is 0 Å². The Kier molecular flexibility index (Phi) is 4.08. The molecule has 0 aliphatic carbocycles. The van der Waals surface area contributed by atoms with E-state index in [0.29, 0.717) is 28.2 Å². The molecule has 6 nitrogen and oxygen atoms in total. The Labute approximate surface area is 138 Å². The monoisotopic (exact) mass is 321 g/mol. The largest absolute Gasteiger partial charge is 0.493 e. The molecule has 6 heteroatoms. The van der Waals surface area contributed by atoms with Crippen LogP contribution in [0.1, 0.15) is 5.56 Å². The van der Waals surface area contributed by atoms with Crippen molar-refractivity contribution < 1.29 is 9.47 Å². The highest BCUT2D eigenvalue weighted by atomic mass is 16.5. The summed E-state index contributed by atoms with van der Waals surface area (Å²) in [7, 11) is 3.02. The van der Waals surface area contributed by atoms with Crippen molar-refractivity contribution >= 4 is 22.4 Å². The smallest absolute Gasteiger partial charge is 0.209 e. The van der Waals surface area contributed by atoms with Gasteiger partial charge >= 0.3 is 0 Å². The van der Waals surface area contributed by atoms with E-state index in [2.05, 4.69) is 10.3 Å². The average Bonchev–Trinajstić information content (AvgIpc) is 2.62. The minimum absolute atomic E-state index is 0.0126. The number of pyridine rings is 1. The zero-order chi connectivity index (χ0) is 17.1. The van der Waals surface area contributed by atoms with Crippen LogP contribution >= 0.6 is 0 Å². The molecule has 0 unspecified atom stereocenters. The average molecular weight is 321 g/mol. The molecular weight excluding hydrogens is 306 g/mol. The lowest BCUT2D eigenvalue weighted by Crippen LogP contribution is -2.12. The molecule has 3 aromatic rings. The molecule has 24 heavy (non-hydrogen) atoms. The number of hydrogen-bond acceptors (Lipinski definition) is 5. The number of anilines is 2. The number of para-hydroxylation sites is 1. The van der Waals surface area contributed by atoms with E-state index < -0.39 is 0 Å². The number of H-pyrrole nitrogens is 1. The van der Waals surface area contributed by atoms with E-state index in [4.69, 9.17) is 9.47 Å². The van der Waals surface area contributed by atoms with Crippen molar-refractivity contribution in [1.29, 1.82) is 5.26 Å². The second-order valence-electron chi connectivity index (χ2n) is 5.06. The Morgan fingerprint density at radius 3 is 2.38 bits per heavy atom. The molecule has 0 bridgehead atoms. The van der Waals surface area contributed by atoms with Gasteiger partial charge < -0.3 is 19.8 Å². The van der Waals surface area contributed by atoms with Gasteiger partial charge in [0.1, 0.15) is 17.5 Å². The lowest BCUT2D eigenvalue weighted by atomic mass is 10.1. The van der Waals surface area contributed by atoms with Gasteiger partial charge in [0.05, 0.1) is 25.1 Å². The van der Waals surface area contributed by atoms with Crippen molar-refractivity contribution in [2.24, 2.45) is 0 Å². The van der Waals surface area contributed by atoms with Crippen LogP contribution in [0.3, 0.4) is 0 Å². The van der Waals surface area contributed by atoms with Crippen LogP contribution in [0.15, 0.2) is 47.3 Å². The van der Waals surface area contributed by atoms with Crippen molar-refractivity contribution in [1.82, 2.24) is 4.98 Å². The Bertz CT molecular complexity index is 988. The molecule has 0 fully saturated rings. The van der Waals surface area contributed by atoms with E-state index in [0.717, 1.165) is 5.69 Å². The molecule has 0 aliphatic heterocycles. The molecule has 0 radical (unpaired) electrons. The Morgan fingerprint density at radius 2 is 1.75 bits per heavy atom. The Morgan fingerprint density at radius 1 is 1.08 bits per heavy atom. The van der Waals surface area contributed by atoms with Crippen molar-refractivity contribution in [3.8, 4) is 17.6 Å². The number of methoxy groups -OCH3 is 2. The van der Waals surface area contributed by atoms with Crippen LogP contribution in [0.4, 0.5) is 11.5 Å². The Balaban J connectivity index is 2.23. The first-order valence-corrected chi connectivity index (χ1v) is 7.22. The molecule has 1 aromatic heterocycles. The third-order valence-corrected chi connectivity index (χ3v) is 3.66. The number of fused-ring (bicyclic) bond motifs is 1. The maximum atomic E-state index is 12.7. The maximum absolute atomic E-state index is 12.7. The number of nitrogens with one attached hydrogen (secondary N) is 2. The van der Waals surface area contributed by atoms with Gasteiger partial charge in [0.15, 0.2) is 11.5 Å². The number of aromatic nitrogens is 1. The summed E-state index contributed by atoms with van der Waals surface area (Å²) < 4.78 is 10.5. The summed E-state index contributed by atoms with van der Waals surface area (Å²) in [6.45, 7) is 0. The molecule has 0 saturated heterocycles. The van der Waals surface area contributed by atoms with E-state index >= 15 is 0 Å². The number of nitriles is 1. The molecule has 2 N–H and O–H groups in total. The first kappa shape index (κ1) is 15.4. The highest BCUT2D eigenvalue weighted by molar-refractivity contribution is 5.86. The molecule has 120 valence electrons. The summed E-state index contributed by atoms with van der Waals surface area (Å²) in [6.07, 6.45) is 0. The molecule has 0 spiro atoms. The van der Waals surface area contributed by atoms with Crippen LogP contribution < -0.4 is 20.2 Å². The zero-order valence-corrected chi connectivity index (χ0v) is 13.2. The van der Waals surface area contributed by atoms with E-state index in [1.807, 2.05) is 36.4 Å². The zero-order valence-electron chi connectivity index (χ0n) is 13.2. The third-order valence-electron chi connectivity index (χ3n) is 3.66. The fourth-order valence-electron chi connectivity index (χ4n) is 2.48. The van der Waals surface area contributed by atoms with Gasteiger partial charge in [0.2, 0.25) is 5.43 Å². The van der Waals surface area contributed by atoms with Crippen LogP contribution in [0.2, 0.25) is 0 Å². The summed E-state index contributed by atoms with van der Waals surface area (Å²) in [5.74, 6) is 1.27. The van der Waals surface area contributed by atoms with Gasteiger partial charge in [-0.1, -0.05) is 18.2 Å². The van der Waals surface area contributed by atoms with Crippen molar-refractivity contribution in [3.63, 3.8) is 0 Å². The standard InChI is InChI=1S/C18H15N3O3/c1-23-15-8-12-14(9-16(15)24-2)21-18(13(10-19)17(12)22)20-11-6-4-3-5-7-11/h3-9H,1-2H3,(H2,20,21,22). The highest BCUT2D eigenvalue weighted by Crippen LogP contribution is 2.31. The van der Waals surface area contributed by atoms with Gasteiger partial charge in [0, 0.05) is 11.8 Å². The molecule has 0 amide bonds. The second kappa shape index (κ2) is 6.34. The van der Waals surface area contributed by atoms with Gasteiger partial charge in [-0.25, -0.2) is 0 Å². The van der Waals surface area contributed by atoms with Gasteiger partial charge in [-0.05, 0) is 18.2 Å². The lowest BCUT2D eigenvalue weighted by molar-refractivity contribution is 0.356. The topological polar surface area (TPSA) is 87.1 Å². The van der Waals surface area contributed by atoms with Crippen molar-refractivity contribution in [2.75, 3.05) is 19.5 Å². The third kappa shape index (κ3) is 2.63. The van der Waals surface area contributed by atoms with Crippen molar-refractivity contribution in [2.45, 2.75) is 0 Å². The predicted octanol–water partition coefficient (Wildman–Crippen LogP) is 3.16. The molecule has 0 aliphatic rings. The molecule has 0 atom stereocenters. The summed E-state index contributed by atoms with van der Waals surface area (Å²) in [5.41, 5.74) is 0.962. The predicted molar refractivity (Wildman–Crippen MR) is 92.1 cm³/mol. The number of benzene rings is 2. The normalized spacial score (nSPS) is 10.2. The fraction of sp³-hybridized carbons (Fsp3) is 0.111. The molecule has 3 rings (SSSR count). The quantitative estimate of drug-likeness (QED) is 0.771. The van der Waals surface area contributed by atoms with Crippen molar-refractivity contribution in [3.05, 3.63) is 58.3 Å².